The molecule has 0 aliphatic heterocycles. The lowest BCUT2D eigenvalue weighted by atomic mass is 10.2. The van der Waals surface area contributed by atoms with Crippen LogP contribution in [0.15, 0.2) is 36.7 Å². The molecule has 4 nitrogen and oxygen atoms in total. The van der Waals surface area contributed by atoms with Crippen molar-refractivity contribution >= 4 is 23.2 Å². The van der Waals surface area contributed by atoms with Crippen molar-refractivity contribution in [2.75, 3.05) is 12.4 Å². The molecule has 1 amide bonds. The van der Waals surface area contributed by atoms with Crippen LogP contribution in [-0.2, 0) is 11.2 Å². The Morgan fingerprint density at radius 3 is 2.89 bits per heavy atom. The SMILES string of the molecule is COc1ccc(NC(=O)Cc2cc[nH]c2)cc1Cl. The van der Waals surface area contributed by atoms with E-state index in [1.165, 1.54) is 0 Å². The number of hydrogen-bond acceptors (Lipinski definition) is 2. The van der Waals surface area contributed by atoms with Crippen LogP contribution in [0.25, 0.3) is 0 Å². The van der Waals surface area contributed by atoms with Crippen molar-refractivity contribution in [1.29, 1.82) is 0 Å². The smallest absolute Gasteiger partial charge is 0.228 e. The summed E-state index contributed by atoms with van der Waals surface area (Å²) in [5.74, 6) is 0.496. The molecule has 2 aromatic rings. The monoisotopic (exact) mass is 264 g/mol. The fourth-order valence-electron chi connectivity index (χ4n) is 1.60. The van der Waals surface area contributed by atoms with Gasteiger partial charge in [-0.3, -0.25) is 4.79 Å². The minimum atomic E-state index is -0.0872. The number of nitrogens with one attached hydrogen (secondary N) is 2. The van der Waals surface area contributed by atoms with Gasteiger partial charge in [-0.05, 0) is 29.8 Å². The lowest BCUT2D eigenvalue weighted by Crippen LogP contribution is -2.13. The molecule has 2 N–H and O–H groups in total. The van der Waals surface area contributed by atoms with Gasteiger partial charge in [0.1, 0.15) is 5.75 Å². The fraction of sp³-hybridized carbons (Fsp3) is 0.154. The van der Waals surface area contributed by atoms with Crippen molar-refractivity contribution in [3.63, 3.8) is 0 Å². The number of amides is 1. The van der Waals surface area contributed by atoms with Gasteiger partial charge in [-0.1, -0.05) is 11.6 Å². The number of ether oxygens (including phenoxy) is 1. The van der Waals surface area contributed by atoms with Gasteiger partial charge in [-0.2, -0.15) is 0 Å². The minimum absolute atomic E-state index is 0.0872. The molecule has 0 atom stereocenters. The van der Waals surface area contributed by atoms with Gasteiger partial charge in [0.2, 0.25) is 5.91 Å². The zero-order chi connectivity index (χ0) is 13.0. The topological polar surface area (TPSA) is 54.1 Å². The van der Waals surface area contributed by atoms with Crippen molar-refractivity contribution < 1.29 is 9.53 Å². The van der Waals surface area contributed by atoms with Crippen LogP contribution in [0.2, 0.25) is 5.02 Å². The van der Waals surface area contributed by atoms with Gasteiger partial charge in [0.05, 0.1) is 18.6 Å². The number of halogens is 1. The third-order valence-corrected chi connectivity index (χ3v) is 2.76. The molecule has 1 heterocycles. The van der Waals surface area contributed by atoms with Gasteiger partial charge in [0.15, 0.2) is 0 Å². The highest BCUT2D eigenvalue weighted by molar-refractivity contribution is 6.32. The third kappa shape index (κ3) is 3.05. The largest absolute Gasteiger partial charge is 0.495 e. The number of rotatable bonds is 4. The number of benzene rings is 1. The van der Waals surface area contributed by atoms with Gasteiger partial charge in [-0.25, -0.2) is 0 Å². The Balaban J connectivity index is 2.01. The van der Waals surface area contributed by atoms with E-state index in [1.807, 2.05) is 6.07 Å². The summed E-state index contributed by atoms with van der Waals surface area (Å²) < 4.78 is 5.04. The van der Waals surface area contributed by atoms with Crippen LogP contribution in [-0.4, -0.2) is 18.0 Å². The lowest BCUT2D eigenvalue weighted by molar-refractivity contribution is -0.115. The highest BCUT2D eigenvalue weighted by Gasteiger charge is 2.06. The van der Waals surface area contributed by atoms with Crippen LogP contribution in [0.3, 0.4) is 0 Å². The number of H-pyrrole nitrogens is 1. The van der Waals surface area contributed by atoms with Crippen LogP contribution in [0.4, 0.5) is 5.69 Å². The van der Waals surface area contributed by atoms with E-state index in [1.54, 1.807) is 37.7 Å². The molecule has 0 fully saturated rings. The summed E-state index contributed by atoms with van der Waals surface area (Å²) in [6.45, 7) is 0. The molecule has 1 aromatic carbocycles. The zero-order valence-corrected chi connectivity index (χ0v) is 10.6. The maximum Gasteiger partial charge on any atom is 0.228 e. The minimum Gasteiger partial charge on any atom is -0.495 e. The average Bonchev–Trinajstić information content (AvgIpc) is 2.82. The van der Waals surface area contributed by atoms with Crippen LogP contribution in [0, 0.1) is 0 Å². The molecule has 5 heteroatoms. The first-order valence-corrected chi connectivity index (χ1v) is 5.82. The second kappa shape index (κ2) is 5.60. The zero-order valence-electron chi connectivity index (χ0n) is 9.87. The summed E-state index contributed by atoms with van der Waals surface area (Å²) in [5.41, 5.74) is 1.59. The van der Waals surface area contributed by atoms with E-state index in [9.17, 15) is 4.79 Å². The first-order chi connectivity index (χ1) is 8.69. The first kappa shape index (κ1) is 12.5. The summed E-state index contributed by atoms with van der Waals surface area (Å²) in [7, 11) is 1.55. The number of carbonyl (C=O) groups excluding carboxylic acids is 1. The van der Waals surface area contributed by atoms with Crippen LogP contribution in [0.5, 0.6) is 5.75 Å². The van der Waals surface area contributed by atoms with Crippen molar-refractivity contribution in [3.8, 4) is 5.75 Å². The molecule has 0 saturated heterocycles. The number of hydrogen-bond donors (Lipinski definition) is 2. The van der Waals surface area contributed by atoms with E-state index in [2.05, 4.69) is 10.3 Å². The molecule has 0 saturated carbocycles. The van der Waals surface area contributed by atoms with Crippen LogP contribution < -0.4 is 10.1 Å². The Hall–Kier alpha value is -1.94. The molecule has 2 rings (SSSR count). The Bertz CT molecular complexity index is 538. The van der Waals surface area contributed by atoms with Crippen molar-refractivity contribution in [2.45, 2.75) is 6.42 Å². The third-order valence-electron chi connectivity index (χ3n) is 2.46. The van der Waals surface area contributed by atoms with E-state index < -0.39 is 0 Å². The predicted molar refractivity (Wildman–Crippen MR) is 71.1 cm³/mol. The Morgan fingerprint density at radius 2 is 2.28 bits per heavy atom. The standard InChI is InChI=1S/C13H13ClN2O2/c1-18-12-3-2-10(7-11(12)14)16-13(17)6-9-4-5-15-8-9/h2-5,7-8,15H,6H2,1H3,(H,16,17). The number of carbonyl (C=O) groups is 1. The maximum atomic E-state index is 11.7. The van der Waals surface area contributed by atoms with Gasteiger partial charge in [0.25, 0.3) is 0 Å². The second-order valence-corrected chi connectivity index (χ2v) is 4.20. The van der Waals surface area contributed by atoms with Crippen molar-refractivity contribution in [1.82, 2.24) is 4.98 Å². The number of aromatic nitrogens is 1. The van der Waals surface area contributed by atoms with E-state index in [-0.39, 0.29) is 5.91 Å². The Morgan fingerprint density at radius 1 is 1.44 bits per heavy atom. The van der Waals surface area contributed by atoms with Crippen molar-refractivity contribution in [3.05, 3.63) is 47.2 Å². The highest BCUT2D eigenvalue weighted by atomic mass is 35.5. The molecule has 94 valence electrons. The fourth-order valence-corrected chi connectivity index (χ4v) is 1.86. The van der Waals surface area contributed by atoms with Crippen LogP contribution >= 0.6 is 11.6 Å². The highest BCUT2D eigenvalue weighted by Crippen LogP contribution is 2.27. The quantitative estimate of drug-likeness (QED) is 0.892. The molecule has 0 radical (unpaired) electrons. The van der Waals surface area contributed by atoms with E-state index in [0.29, 0.717) is 22.9 Å². The number of aromatic amines is 1. The van der Waals surface area contributed by atoms with Gasteiger partial charge in [-0.15, -0.1) is 0 Å². The molecular weight excluding hydrogens is 252 g/mol. The van der Waals surface area contributed by atoms with Gasteiger partial charge < -0.3 is 15.0 Å². The average molecular weight is 265 g/mol. The summed E-state index contributed by atoms with van der Waals surface area (Å²) in [4.78, 5) is 14.7. The second-order valence-electron chi connectivity index (χ2n) is 3.79. The molecule has 0 aliphatic carbocycles. The van der Waals surface area contributed by atoms with Gasteiger partial charge in [0, 0.05) is 18.1 Å². The molecule has 0 unspecified atom stereocenters. The summed E-state index contributed by atoms with van der Waals surface area (Å²) in [6, 6.07) is 6.99. The molecule has 0 aliphatic rings. The molecule has 1 aromatic heterocycles. The van der Waals surface area contributed by atoms with Crippen molar-refractivity contribution in [2.24, 2.45) is 0 Å². The Labute approximate surface area is 110 Å². The lowest BCUT2D eigenvalue weighted by Gasteiger charge is -2.07. The number of anilines is 1. The van der Waals surface area contributed by atoms with E-state index in [0.717, 1.165) is 5.56 Å². The molecule has 0 bridgehead atoms. The van der Waals surface area contributed by atoms with Gasteiger partial charge >= 0.3 is 0 Å². The molecule has 18 heavy (non-hydrogen) atoms. The normalized spacial score (nSPS) is 10.1. The summed E-state index contributed by atoms with van der Waals surface area (Å²) in [5, 5.41) is 3.25. The maximum absolute atomic E-state index is 11.7. The summed E-state index contributed by atoms with van der Waals surface area (Å²) in [6.07, 6.45) is 3.90. The van der Waals surface area contributed by atoms with E-state index >= 15 is 0 Å². The Kier molecular flexibility index (Phi) is 3.89. The summed E-state index contributed by atoms with van der Waals surface area (Å²) >= 11 is 5.97. The van der Waals surface area contributed by atoms with Crippen LogP contribution in [0.1, 0.15) is 5.56 Å². The first-order valence-electron chi connectivity index (χ1n) is 5.44. The molecular formula is C13H13ClN2O2. The molecule has 0 spiro atoms. The predicted octanol–water partition coefficient (Wildman–Crippen LogP) is 2.86. The number of methoxy groups -OCH3 is 1. The van der Waals surface area contributed by atoms with E-state index in [4.69, 9.17) is 16.3 Å².